The quantitative estimate of drug-likeness (QED) is 0.641. The van der Waals surface area contributed by atoms with Gasteiger partial charge in [-0.3, -0.25) is 10.1 Å². The maximum absolute atomic E-state index is 13.4. The summed E-state index contributed by atoms with van der Waals surface area (Å²) in [5, 5.41) is 26.9. The molecule has 7 nitrogen and oxygen atoms in total. The number of aliphatic hydroxyl groups excluding tert-OH is 1. The standard InChI is InChI=1S/C11H11FN4O3/c12-10-5-8(1-2-11(10)16(18)19)6-15-7-9(3-4-17)13-14-15/h1-2,5,7,17H,3-4,6H2. The van der Waals surface area contributed by atoms with Crippen LogP contribution in [0.15, 0.2) is 24.4 Å². The molecule has 0 aliphatic heterocycles. The number of rotatable bonds is 5. The number of nitro benzene ring substituents is 1. The predicted octanol–water partition coefficient (Wildman–Crippen LogP) is 0.908. The Hall–Kier alpha value is -2.35. The monoisotopic (exact) mass is 266 g/mol. The Kier molecular flexibility index (Phi) is 3.81. The Bertz CT molecular complexity index is 599. The number of nitro groups is 1. The predicted molar refractivity (Wildman–Crippen MR) is 63.0 cm³/mol. The summed E-state index contributed by atoms with van der Waals surface area (Å²) >= 11 is 0. The molecule has 0 amide bonds. The van der Waals surface area contributed by atoms with Crippen LogP contribution in [0.5, 0.6) is 0 Å². The molecule has 0 fully saturated rings. The van der Waals surface area contributed by atoms with Gasteiger partial charge < -0.3 is 5.11 Å². The van der Waals surface area contributed by atoms with Gasteiger partial charge in [0, 0.05) is 25.3 Å². The highest BCUT2D eigenvalue weighted by Crippen LogP contribution is 2.18. The van der Waals surface area contributed by atoms with Crippen LogP contribution in [0.1, 0.15) is 11.3 Å². The van der Waals surface area contributed by atoms with Gasteiger partial charge in [0.15, 0.2) is 0 Å². The fourth-order valence-electron chi connectivity index (χ4n) is 1.63. The van der Waals surface area contributed by atoms with E-state index < -0.39 is 16.4 Å². The van der Waals surface area contributed by atoms with Gasteiger partial charge in [-0.15, -0.1) is 5.10 Å². The van der Waals surface area contributed by atoms with E-state index in [1.807, 2.05) is 0 Å². The van der Waals surface area contributed by atoms with Gasteiger partial charge in [-0.1, -0.05) is 11.3 Å². The number of halogens is 1. The Morgan fingerprint density at radius 3 is 2.89 bits per heavy atom. The first-order valence-corrected chi connectivity index (χ1v) is 5.53. The first-order chi connectivity index (χ1) is 9.10. The molecule has 2 rings (SSSR count). The molecule has 2 aromatic rings. The van der Waals surface area contributed by atoms with Gasteiger partial charge in [-0.2, -0.15) is 4.39 Å². The van der Waals surface area contributed by atoms with Crippen LogP contribution in [-0.4, -0.2) is 31.6 Å². The van der Waals surface area contributed by atoms with Crippen molar-refractivity contribution in [3.8, 4) is 0 Å². The average Bonchev–Trinajstić information content (AvgIpc) is 2.76. The van der Waals surface area contributed by atoms with Crippen molar-refractivity contribution < 1.29 is 14.4 Å². The molecule has 0 unspecified atom stereocenters. The maximum Gasteiger partial charge on any atom is 0.304 e. The Labute approximate surface area is 107 Å². The number of aliphatic hydroxyl groups is 1. The highest BCUT2D eigenvalue weighted by molar-refractivity contribution is 5.35. The average molecular weight is 266 g/mol. The number of nitrogens with zero attached hydrogens (tertiary/aromatic N) is 4. The van der Waals surface area contributed by atoms with E-state index in [-0.39, 0.29) is 13.2 Å². The van der Waals surface area contributed by atoms with Gasteiger partial charge in [0.25, 0.3) is 0 Å². The summed E-state index contributed by atoms with van der Waals surface area (Å²) in [4.78, 5) is 9.71. The van der Waals surface area contributed by atoms with Crippen LogP contribution in [0.2, 0.25) is 0 Å². The summed E-state index contributed by atoms with van der Waals surface area (Å²) in [7, 11) is 0. The molecule has 8 heteroatoms. The van der Waals surface area contributed by atoms with Crippen LogP contribution >= 0.6 is 0 Å². The lowest BCUT2D eigenvalue weighted by Crippen LogP contribution is -2.02. The molecule has 0 aliphatic carbocycles. The van der Waals surface area contributed by atoms with Gasteiger partial charge in [0.1, 0.15) is 0 Å². The minimum Gasteiger partial charge on any atom is -0.396 e. The molecule has 1 aromatic heterocycles. The van der Waals surface area contributed by atoms with Crippen molar-refractivity contribution in [2.24, 2.45) is 0 Å². The molecule has 0 atom stereocenters. The largest absolute Gasteiger partial charge is 0.396 e. The summed E-state index contributed by atoms with van der Waals surface area (Å²) in [6, 6.07) is 3.69. The zero-order valence-corrected chi connectivity index (χ0v) is 9.86. The van der Waals surface area contributed by atoms with Crippen molar-refractivity contribution in [3.05, 3.63) is 51.6 Å². The number of hydrogen-bond acceptors (Lipinski definition) is 5. The molecule has 1 heterocycles. The second-order valence-corrected chi connectivity index (χ2v) is 3.92. The van der Waals surface area contributed by atoms with Crippen molar-refractivity contribution in [1.29, 1.82) is 0 Å². The van der Waals surface area contributed by atoms with Crippen LogP contribution in [0.4, 0.5) is 10.1 Å². The zero-order valence-electron chi connectivity index (χ0n) is 9.86. The van der Waals surface area contributed by atoms with Crippen LogP contribution in [-0.2, 0) is 13.0 Å². The Morgan fingerprint density at radius 1 is 1.47 bits per heavy atom. The third-order valence-corrected chi connectivity index (χ3v) is 2.51. The molecular weight excluding hydrogens is 255 g/mol. The Morgan fingerprint density at radius 2 is 2.26 bits per heavy atom. The van der Waals surface area contributed by atoms with E-state index in [1.165, 1.54) is 10.7 Å². The van der Waals surface area contributed by atoms with Crippen molar-refractivity contribution >= 4 is 5.69 Å². The van der Waals surface area contributed by atoms with Crippen LogP contribution in [0.25, 0.3) is 0 Å². The van der Waals surface area contributed by atoms with E-state index in [9.17, 15) is 14.5 Å². The van der Waals surface area contributed by atoms with E-state index in [2.05, 4.69) is 10.3 Å². The lowest BCUT2D eigenvalue weighted by Gasteiger charge is -2.01. The van der Waals surface area contributed by atoms with Gasteiger partial charge in [-0.05, 0) is 11.6 Å². The normalized spacial score (nSPS) is 10.6. The van der Waals surface area contributed by atoms with Crippen molar-refractivity contribution in [2.45, 2.75) is 13.0 Å². The van der Waals surface area contributed by atoms with E-state index in [0.717, 1.165) is 12.1 Å². The second-order valence-electron chi connectivity index (χ2n) is 3.92. The molecule has 0 saturated heterocycles. The van der Waals surface area contributed by atoms with Crippen LogP contribution in [0.3, 0.4) is 0 Å². The SMILES string of the molecule is O=[N+]([O-])c1ccc(Cn2cc(CCO)nn2)cc1F. The molecular formula is C11H11FN4O3. The van der Waals surface area contributed by atoms with Crippen LogP contribution < -0.4 is 0 Å². The van der Waals surface area contributed by atoms with Gasteiger partial charge in [0.2, 0.25) is 5.82 Å². The molecule has 0 spiro atoms. The van der Waals surface area contributed by atoms with E-state index >= 15 is 0 Å². The lowest BCUT2D eigenvalue weighted by atomic mass is 10.2. The minimum atomic E-state index is -0.877. The smallest absolute Gasteiger partial charge is 0.304 e. The second kappa shape index (κ2) is 5.53. The van der Waals surface area contributed by atoms with Crippen LogP contribution in [0, 0.1) is 15.9 Å². The first kappa shape index (κ1) is 13.1. The number of hydrogen-bond donors (Lipinski definition) is 1. The lowest BCUT2D eigenvalue weighted by molar-refractivity contribution is -0.387. The summed E-state index contributed by atoms with van der Waals surface area (Å²) in [5.41, 5.74) is 0.622. The molecule has 0 saturated carbocycles. The van der Waals surface area contributed by atoms with E-state index in [4.69, 9.17) is 5.11 Å². The van der Waals surface area contributed by atoms with E-state index in [0.29, 0.717) is 17.7 Å². The molecule has 19 heavy (non-hydrogen) atoms. The van der Waals surface area contributed by atoms with Crippen molar-refractivity contribution in [1.82, 2.24) is 15.0 Å². The summed E-state index contributed by atoms with van der Waals surface area (Å²) in [6.07, 6.45) is 2.03. The highest BCUT2D eigenvalue weighted by atomic mass is 19.1. The van der Waals surface area contributed by atoms with E-state index in [1.54, 1.807) is 6.20 Å². The maximum atomic E-state index is 13.4. The Balaban J connectivity index is 2.14. The number of benzene rings is 1. The third-order valence-electron chi connectivity index (χ3n) is 2.51. The molecule has 100 valence electrons. The van der Waals surface area contributed by atoms with Gasteiger partial charge >= 0.3 is 5.69 Å². The molecule has 1 N–H and O–H groups in total. The fraction of sp³-hybridized carbons (Fsp3) is 0.273. The van der Waals surface area contributed by atoms with Gasteiger partial charge in [0.05, 0.1) is 17.2 Å². The molecule has 0 bridgehead atoms. The van der Waals surface area contributed by atoms with Crippen molar-refractivity contribution in [3.63, 3.8) is 0 Å². The highest BCUT2D eigenvalue weighted by Gasteiger charge is 2.14. The summed E-state index contributed by atoms with van der Waals surface area (Å²) in [6.45, 7) is 0.234. The minimum absolute atomic E-state index is 0.0230. The molecule has 0 aliphatic rings. The summed E-state index contributed by atoms with van der Waals surface area (Å²) in [5.74, 6) is -0.877. The fourth-order valence-corrected chi connectivity index (χ4v) is 1.63. The molecule has 1 aromatic carbocycles. The zero-order chi connectivity index (χ0) is 13.8. The topological polar surface area (TPSA) is 94.1 Å². The number of aromatic nitrogens is 3. The third kappa shape index (κ3) is 3.10. The summed E-state index contributed by atoms with van der Waals surface area (Å²) < 4.78 is 14.9. The first-order valence-electron chi connectivity index (χ1n) is 5.53. The molecule has 0 radical (unpaired) electrons. The van der Waals surface area contributed by atoms with Gasteiger partial charge in [-0.25, -0.2) is 4.68 Å². The van der Waals surface area contributed by atoms with Crippen molar-refractivity contribution in [2.75, 3.05) is 6.61 Å².